The first-order valence-corrected chi connectivity index (χ1v) is 6.70. The van der Waals surface area contributed by atoms with Gasteiger partial charge in [0.05, 0.1) is 12.3 Å². The van der Waals surface area contributed by atoms with Crippen molar-refractivity contribution in [2.24, 2.45) is 5.84 Å². The van der Waals surface area contributed by atoms with Crippen molar-refractivity contribution in [3.05, 3.63) is 65.9 Å². The third-order valence-electron chi connectivity index (χ3n) is 3.59. The predicted molar refractivity (Wildman–Crippen MR) is 79.0 cm³/mol. The molecule has 0 aliphatic carbocycles. The zero-order chi connectivity index (χ0) is 13.9. The van der Waals surface area contributed by atoms with Gasteiger partial charge in [0.1, 0.15) is 5.76 Å². The van der Waals surface area contributed by atoms with Crippen LogP contribution in [0.2, 0.25) is 0 Å². The van der Waals surface area contributed by atoms with Crippen LogP contribution in [-0.2, 0) is 6.42 Å². The second kappa shape index (κ2) is 5.45. The van der Waals surface area contributed by atoms with E-state index in [1.165, 1.54) is 0 Å². The van der Waals surface area contributed by atoms with Crippen molar-refractivity contribution in [2.45, 2.75) is 19.4 Å². The number of hydrazine groups is 1. The van der Waals surface area contributed by atoms with E-state index in [0.29, 0.717) is 0 Å². The lowest BCUT2D eigenvalue weighted by Gasteiger charge is -2.18. The second-order valence-electron chi connectivity index (χ2n) is 4.70. The topological polar surface area (TPSA) is 64.1 Å². The van der Waals surface area contributed by atoms with E-state index in [1.54, 1.807) is 6.26 Å². The molecular weight excluding hydrogens is 250 g/mol. The van der Waals surface area contributed by atoms with Crippen LogP contribution in [0.1, 0.15) is 29.9 Å². The van der Waals surface area contributed by atoms with Gasteiger partial charge < -0.3 is 4.42 Å². The number of nitrogens with two attached hydrogens (primary N) is 1. The molecule has 102 valence electrons. The molecule has 0 aliphatic heterocycles. The third kappa shape index (κ3) is 2.09. The molecule has 1 unspecified atom stereocenters. The molecule has 2 heterocycles. The number of aryl methyl sites for hydroxylation is 1. The second-order valence-corrected chi connectivity index (χ2v) is 4.70. The number of furan rings is 1. The summed E-state index contributed by atoms with van der Waals surface area (Å²) in [6.07, 6.45) is 6.26. The van der Waals surface area contributed by atoms with Crippen LogP contribution < -0.4 is 11.3 Å². The van der Waals surface area contributed by atoms with Crippen LogP contribution in [0.25, 0.3) is 10.8 Å². The molecule has 3 aromatic rings. The lowest BCUT2D eigenvalue weighted by molar-refractivity contribution is 0.502. The largest absolute Gasteiger partial charge is 0.469 e. The fraction of sp³-hybridized carbons (Fsp3) is 0.188. The first-order chi connectivity index (χ1) is 9.85. The summed E-state index contributed by atoms with van der Waals surface area (Å²) in [5, 5.41) is 2.25. The number of nitrogens with one attached hydrogen (secondary N) is 1. The molecule has 0 spiro atoms. The van der Waals surface area contributed by atoms with Crippen molar-refractivity contribution in [2.75, 3.05) is 0 Å². The van der Waals surface area contributed by atoms with E-state index >= 15 is 0 Å². The van der Waals surface area contributed by atoms with Gasteiger partial charge in [-0.3, -0.25) is 10.8 Å². The van der Waals surface area contributed by atoms with Crippen LogP contribution in [0, 0.1) is 0 Å². The highest BCUT2D eigenvalue weighted by atomic mass is 16.3. The van der Waals surface area contributed by atoms with Gasteiger partial charge in [-0.1, -0.05) is 31.2 Å². The summed E-state index contributed by atoms with van der Waals surface area (Å²) in [7, 11) is 0. The van der Waals surface area contributed by atoms with Crippen LogP contribution in [0.5, 0.6) is 0 Å². The molecule has 0 fully saturated rings. The number of hydrogen-bond acceptors (Lipinski definition) is 4. The zero-order valence-electron chi connectivity index (χ0n) is 11.3. The quantitative estimate of drug-likeness (QED) is 0.563. The minimum absolute atomic E-state index is 0.123. The van der Waals surface area contributed by atoms with Gasteiger partial charge in [-0.05, 0) is 11.5 Å². The Hall–Kier alpha value is -2.17. The lowest BCUT2D eigenvalue weighted by Crippen LogP contribution is -2.29. The van der Waals surface area contributed by atoms with E-state index < -0.39 is 0 Å². The molecule has 0 bridgehead atoms. The van der Waals surface area contributed by atoms with E-state index in [9.17, 15) is 0 Å². The maximum atomic E-state index is 5.79. The molecule has 0 radical (unpaired) electrons. The number of hydrogen-bond donors (Lipinski definition) is 2. The van der Waals surface area contributed by atoms with Crippen molar-refractivity contribution < 1.29 is 4.42 Å². The Morgan fingerprint density at radius 3 is 2.85 bits per heavy atom. The van der Waals surface area contributed by atoms with Crippen molar-refractivity contribution in [1.82, 2.24) is 10.4 Å². The predicted octanol–water partition coefficient (Wildman–Crippen LogP) is 2.94. The molecule has 1 aromatic carbocycles. The van der Waals surface area contributed by atoms with E-state index in [1.807, 2.05) is 30.6 Å². The number of fused-ring (bicyclic) bond motifs is 1. The number of pyridine rings is 1. The standard InChI is InChI=1S/C16H17N3O/c1-2-15-13(7-8-20-15)16(19-17)14-10-18-9-11-5-3-4-6-12(11)14/h3-10,16,19H,2,17H2,1H3. The van der Waals surface area contributed by atoms with Crippen LogP contribution in [-0.4, -0.2) is 4.98 Å². The van der Waals surface area contributed by atoms with Crippen molar-refractivity contribution in [3.63, 3.8) is 0 Å². The average molecular weight is 267 g/mol. The molecule has 1 atom stereocenters. The molecule has 20 heavy (non-hydrogen) atoms. The number of nitrogens with zero attached hydrogens (tertiary/aromatic N) is 1. The Morgan fingerprint density at radius 2 is 2.05 bits per heavy atom. The maximum Gasteiger partial charge on any atom is 0.108 e. The average Bonchev–Trinajstić information content (AvgIpc) is 2.97. The number of rotatable bonds is 4. The third-order valence-corrected chi connectivity index (χ3v) is 3.59. The molecule has 3 rings (SSSR count). The fourth-order valence-electron chi connectivity index (χ4n) is 2.61. The van der Waals surface area contributed by atoms with Crippen molar-refractivity contribution in [3.8, 4) is 0 Å². The highest BCUT2D eigenvalue weighted by molar-refractivity contribution is 5.85. The summed E-state index contributed by atoms with van der Waals surface area (Å²) in [5.41, 5.74) is 5.01. The monoisotopic (exact) mass is 267 g/mol. The van der Waals surface area contributed by atoms with Gasteiger partial charge in [0.15, 0.2) is 0 Å². The van der Waals surface area contributed by atoms with Gasteiger partial charge in [-0.25, -0.2) is 5.43 Å². The maximum absolute atomic E-state index is 5.79. The summed E-state index contributed by atoms with van der Waals surface area (Å²) < 4.78 is 5.51. The Balaban J connectivity index is 2.17. The van der Waals surface area contributed by atoms with Crippen LogP contribution >= 0.6 is 0 Å². The van der Waals surface area contributed by atoms with Gasteiger partial charge in [0, 0.05) is 35.3 Å². The summed E-state index contributed by atoms with van der Waals surface area (Å²) in [4.78, 5) is 4.32. The smallest absolute Gasteiger partial charge is 0.108 e. The molecule has 0 aliphatic rings. The summed E-state index contributed by atoms with van der Waals surface area (Å²) in [6.45, 7) is 2.07. The summed E-state index contributed by atoms with van der Waals surface area (Å²) in [6, 6.07) is 10.0. The van der Waals surface area contributed by atoms with E-state index in [4.69, 9.17) is 10.3 Å². The molecule has 2 aromatic heterocycles. The van der Waals surface area contributed by atoms with Gasteiger partial charge in [-0.2, -0.15) is 0 Å². The number of benzene rings is 1. The Labute approximate surface area is 117 Å². The van der Waals surface area contributed by atoms with E-state index in [0.717, 1.165) is 34.1 Å². The van der Waals surface area contributed by atoms with E-state index in [-0.39, 0.29) is 6.04 Å². The molecule has 0 saturated heterocycles. The van der Waals surface area contributed by atoms with Gasteiger partial charge in [0.2, 0.25) is 0 Å². The van der Waals surface area contributed by atoms with Crippen molar-refractivity contribution in [1.29, 1.82) is 0 Å². The minimum atomic E-state index is -0.123. The molecule has 4 heteroatoms. The van der Waals surface area contributed by atoms with Gasteiger partial charge in [0.25, 0.3) is 0 Å². The van der Waals surface area contributed by atoms with Crippen molar-refractivity contribution >= 4 is 10.8 Å². The first kappa shape index (κ1) is 12.8. The van der Waals surface area contributed by atoms with Crippen LogP contribution in [0.15, 0.2) is 53.4 Å². The number of aromatic nitrogens is 1. The Kier molecular flexibility index (Phi) is 3.50. The SMILES string of the molecule is CCc1occc1C(NN)c1cncc2ccccc12. The summed E-state index contributed by atoms with van der Waals surface area (Å²) >= 11 is 0. The summed E-state index contributed by atoms with van der Waals surface area (Å²) in [5.74, 6) is 6.74. The normalized spacial score (nSPS) is 12.7. The Morgan fingerprint density at radius 1 is 1.20 bits per heavy atom. The van der Waals surface area contributed by atoms with Gasteiger partial charge in [-0.15, -0.1) is 0 Å². The minimum Gasteiger partial charge on any atom is -0.469 e. The molecule has 3 N–H and O–H groups in total. The zero-order valence-corrected chi connectivity index (χ0v) is 11.3. The highest BCUT2D eigenvalue weighted by Gasteiger charge is 2.20. The van der Waals surface area contributed by atoms with Crippen LogP contribution in [0.3, 0.4) is 0 Å². The molecule has 0 amide bonds. The first-order valence-electron chi connectivity index (χ1n) is 6.70. The molecule has 0 saturated carbocycles. The van der Waals surface area contributed by atoms with Gasteiger partial charge >= 0.3 is 0 Å². The van der Waals surface area contributed by atoms with E-state index in [2.05, 4.69) is 29.5 Å². The molecule has 4 nitrogen and oxygen atoms in total. The Bertz CT molecular complexity index is 715. The fourth-order valence-corrected chi connectivity index (χ4v) is 2.61. The lowest BCUT2D eigenvalue weighted by atomic mass is 9.96. The van der Waals surface area contributed by atoms with Crippen LogP contribution in [0.4, 0.5) is 0 Å². The molecular formula is C16H17N3O. The highest BCUT2D eigenvalue weighted by Crippen LogP contribution is 2.30.